The maximum Gasteiger partial charge on any atom is 0.249 e. The van der Waals surface area contributed by atoms with Crippen molar-refractivity contribution in [3.63, 3.8) is 0 Å². The second kappa shape index (κ2) is 9.86. The van der Waals surface area contributed by atoms with Crippen molar-refractivity contribution >= 4 is 17.5 Å². The SMILES string of the molecule is O=C(N[C@@H](c1ccccn1)[C@H]1CCCN(Cc2c(F)cccc2Cl)C1)[C@@H]1CCCO1. The number of rotatable bonds is 6. The van der Waals surface area contributed by atoms with Gasteiger partial charge in [-0.1, -0.05) is 23.7 Å². The Labute approximate surface area is 181 Å². The molecule has 3 heterocycles. The Balaban J connectivity index is 1.50. The van der Waals surface area contributed by atoms with Crippen molar-refractivity contribution in [1.29, 1.82) is 0 Å². The van der Waals surface area contributed by atoms with Crippen molar-refractivity contribution in [2.45, 2.75) is 44.4 Å². The van der Waals surface area contributed by atoms with E-state index in [0.29, 0.717) is 23.7 Å². The van der Waals surface area contributed by atoms with Crippen LogP contribution in [0.1, 0.15) is 43.0 Å². The van der Waals surface area contributed by atoms with Gasteiger partial charge < -0.3 is 10.1 Å². The summed E-state index contributed by atoms with van der Waals surface area (Å²) in [6, 6.07) is 10.3. The summed E-state index contributed by atoms with van der Waals surface area (Å²) < 4.78 is 19.8. The summed E-state index contributed by atoms with van der Waals surface area (Å²) in [5.41, 5.74) is 1.37. The lowest BCUT2D eigenvalue weighted by Gasteiger charge is -2.37. The van der Waals surface area contributed by atoms with E-state index >= 15 is 0 Å². The first kappa shape index (κ1) is 21.2. The smallest absolute Gasteiger partial charge is 0.249 e. The number of likely N-dealkylation sites (tertiary alicyclic amines) is 1. The highest BCUT2D eigenvalue weighted by atomic mass is 35.5. The molecule has 1 aromatic heterocycles. The Morgan fingerprint density at radius 3 is 2.90 bits per heavy atom. The van der Waals surface area contributed by atoms with E-state index in [2.05, 4.69) is 15.2 Å². The number of aromatic nitrogens is 1. The molecule has 4 rings (SSSR count). The van der Waals surface area contributed by atoms with Crippen LogP contribution >= 0.6 is 11.6 Å². The standard InChI is InChI=1S/C23H27ClFN3O2/c24-18-7-3-8-19(25)17(18)15-28-12-4-6-16(14-28)22(20-9-1-2-11-26-20)27-23(29)21-10-5-13-30-21/h1-3,7-9,11,16,21-22H,4-6,10,12-15H2,(H,27,29)/t16-,21-,22+/m0/s1. The van der Waals surface area contributed by atoms with E-state index in [0.717, 1.165) is 44.5 Å². The number of amides is 1. The van der Waals surface area contributed by atoms with E-state index in [9.17, 15) is 9.18 Å². The van der Waals surface area contributed by atoms with Gasteiger partial charge in [0.05, 0.1) is 11.7 Å². The van der Waals surface area contributed by atoms with Crippen molar-refractivity contribution in [2.75, 3.05) is 19.7 Å². The Morgan fingerprint density at radius 2 is 2.17 bits per heavy atom. The van der Waals surface area contributed by atoms with Gasteiger partial charge in [0.2, 0.25) is 5.91 Å². The minimum Gasteiger partial charge on any atom is -0.368 e. The molecular weight excluding hydrogens is 405 g/mol. The minimum atomic E-state index is -0.381. The Bertz CT molecular complexity index is 841. The first-order valence-electron chi connectivity index (χ1n) is 10.6. The van der Waals surface area contributed by atoms with E-state index < -0.39 is 0 Å². The van der Waals surface area contributed by atoms with Crippen molar-refractivity contribution in [3.05, 3.63) is 64.7 Å². The van der Waals surface area contributed by atoms with Crippen molar-refractivity contribution in [2.24, 2.45) is 5.92 Å². The molecule has 0 radical (unpaired) electrons. The third-order valence-corrected chi connectivity index (χ3v) is 6.34. The summed E-state index contributed by atoms with van der Waals surface area (Å²) >= 11 is 6.24. The molecule has 160 valence electrons. The summed E-state index contributed by atoms with van der Waals surface area (Å²) in [7, 11) is 0. The van der Waals surface area contributed by atoms with Gasteiger partial charge >= 0.3 is 0 Å². The number of pyridine rings is 1. The zero-order valence-corrected chi connectivity index (χ0v) is 17.7. The molecule has 2 aromatic rings. The van der Waals surface area contributed by atoms with Gasteiger partial charge in [-0.05, 0) is 62.4 Å². The van der Waals surface area contributed by atoms with Crippen molar-refractivity contribution < 1.29 is 13.9 Å². The molecular formula is C23H27ClFN3O2. The average Bonchev–Trinajstić information content (AvgIpc) is 3.31. The number of benzene rings is 1. The molecule has 0 unspecified atom stereocenters. The molecule has 3 atom stereocenters. The number of nitrogens with zero attached hydrogens (tertiary/aromatic N) is 2. The largest absolute Gasteiger partial charge is 0.368 e. The number of hydrogen-bond acceptors (Lipinski definition) is 4. The molecule has 2 saturated heterocycles. The van der Waals surface area contributed by atoms with Gasteiger partial charge in [-0.15, -0.1) is 0 Å². The van der Waals surface area contributed by atoms with Gasteiger partial charge in [-0.25, -0.2) is 4.39 Å². The van der Waals surface area contributed by atoms with Gasteiger partial charge in [0.25, 0.3) is 0 Å². The normalized spacial score (nSPS) is 23.3. The monoisotopic (exact) mass is 431 g/mol. The summed E-state index contributed by atoms with van der Waals surface area (Å²) in [4.78, 5) is 19.5. The third kappa shape index (κ3) is 4.99. The molecule has 0 aliphatic carbocycles. The quantitative estimate of drug-likeness (QED) is 0.747. The van der Waals surface area contributed by atoms with Crippen LogP contribution in [0, 0.1) is 11.7 Å². The maximum absolute atomic E-state index is 14.3. The highest BCUT2D eigenvalue weighted by molar-refractivity contribution is 6.31. The van der Waals surface area contributed by atoms with E-state index in [1.165, 1.54) is 6.07 Å². The summed E-state index contributed by atoms with van der Waals surface area (Å²) in [5.74, 6) is -0.181. The van der Waals surface area contributed by atoms with E-state index in [-0.39, 0.29) is 29.8 Å². The number of piperidine rings is 1. The molecule has 0 spiro atoms. The topological polar surface area (TPSA) is 54.5 Å². The van der Waals surface area contributed by atoms with Crippen LogP contribution in [0.3, 0.4) is 0 Å². The predicted molar refractivity (Wildman–Crippen MR) is 114 cm³/mol. The summed E-state index contributed by atoms with van der Waals surface area (Å²) in [6.07, 6.45) is 4.97. The van der Waals surface area contributed by atoms with E-state index in [1.54, 1.807) is 18.3 Å². The maximum atomic E-state index is 14.3. The van der Waals surface area contributed by atoms with E-state index in [4.69, 9.17) is 16.3 Å². The fraction of sp³-hybridized carbons (Fsp3) is 0.478. The van der Waals surface area contributed by atoms with Crippen LogP contribution in [0.25, 0.3) is 0 Å². The molecule has 0 saturated carbocycles. The predicted octanol–water partition coefficient (Wildman–Crippen LogP) is 4.12. The van der Waals surface area contributed by atoms with Gasteiger partial charge in [0.1, 0.15) is 11.9 Å². The lowest BCUT2D eigenvalue weighted by atomic mass is 9.88. The Hall–Kier alpha value is -2.02. The molecule has 1 N–H and O–H groups in total. The first-order chi connectivity index (χ1) is 14.6. The fourth-order valence-electron chi connectivity index (χ4n) is 4.44. The van der Waals surface area contributed by atoms with Crippen molar-refractivity contribution in [3.8, 4) is 0 Å². The highest BCUT2D eigenvalue weighted by Gasteiger charge is 2.33. The molecule has 2 aliphatic rings. The molecule has 1 aromatic carbocycles. The summed E-state index contributed by atoms with van der Waals surface area (Å²) in [6.45, 7) is 2.69. The van der Waals surface area contributed by atoms with Crippen LogP contribution in [0.5, 0.6) is 0 Å². The van der Waals surface area contributed by atoms with Crippen LogP contribution in [0.2, 0.25) is 5.02 Å². The summed E-state index contributed by atoms with van der Waals surface area (Å²) in [5, 5.41) is 3.65. The van der Waals surface area contributed by atoms with Gasteiger partial charge in [0, 0.05) is 36.5 Å². The average molecular weight is 432 g/mol. The van der Waals surface area contributed by atoms with Gasteiger partial charge in [-0.3, -0.25) is 14.7 Å². The van der Waals surface area contributed by atoms with Crippen LogP contribution in [0.4, 0.5) is 4.39 Å². The number of carbonyl (C=O) groups is 1. The molecule has 2 fully saturated rings. The molecule has 30 heavy (non-hydrogen) atoms. The second-order valence-corrected chi connectivity index (χ2v) is 8.49. The third-order valence-electron chi connectivity index (χ3n) is 5.98. The number of hydrogen-bond donors (Lipinski definition) is 1. The zero-order valence-electron chi connectivity index (χ0n) is 16.9. The van der Waals surface area contributed by atoms with Crippen LogP contribution in [-0.2, 0) is 16.1 Å². The van der Waals surface area contributed by atoms with Crippen LogP contribution in [0.15, 0.2) is 42.6 Å². The van der Waals surface area contributed by atoms with Crippen molar-refractivity contribution in [1.82, 2.24) is 15.2 Å². The Kier molecular flexibility index (Phi) is 6.97. The van der Waals surface area contributed by atoms with Gasteiger partial charge in [-0.2, -0.15) is 0 Å². The van der Waals surface area contributed by atoms with E-state index in [1.807, 2.05) is 18.2 Å². The lowest BCUT2D eigenvalue weighted by molar-refractivity contribution is -0.131. The fourth-order valence-corrected chi connectivity index (χ4v) is 4.66. The lowest BCUT2D eigenvalue weighted by Crippen LogP contribution is -2.45. The molecule has 7 heteroatoms. The highest BCUT2D eigenvalue weighted by Crippen LogP contribution is 2.31. The molecule has 0 bridgehead atoms. The Morgan fingerprint density at radius 1 is 1.27 bits per heavy atom. The van der Waals surface area contributed by atoms with Crippen LogP contribution < -0.4 is 5.32 Å². The van der Waals surface area contributed by atoms with Gasteiger partial charge in [0.15, 0.2) is 0 Å². The number of carbonyl (C=O) groups excluding carboxylic acids is 1. The minimum absolute atomic E-state index is 0.0718. The molecule has 5 nitrogen and oxygen atoms in total. The number of nitrogens with one attached hydrogen (secondary N) is 1. The number of halogens is 2. The second-order valence-electron chi connectivity index (χ2n) is 8.08. The van der Waals surface area contributed by atoms with Crippen LogP contribution in [-0.4, -0.2) is 41.6 Å². The molecule has 2 aliphatic heterocycles. The number of ether oxygens (including phenoxy) is 1. The first-order valence-corrected chi connectivity index (χ1v) is 11.0. The molecule has 1 amide bonds. The zero-order chi connectivity index (χ0) is 20.9.